The van der Waals surface area contributed by atoms with Gasteiger partial charge in [0.2, 0.25) is 11.7 Å². The van der Waals surface area contributed by atoms with Crippen LogP contribution in [0, 0.1) is 0 Å². The summed E-state index contributed by atoms with van der Waals surface area (Å²) in [6, 6.07) is 17.5. The first kappa shape index (κ1) is 22.4. The van der Waals surface area contributed by atoms with Crippen LogP contribution in [0.15, 0.2) is 64.5 Å². The van der Waals surface area contributed by atoms with E-state index in [2.05, 4.69) is 30.3 Å². The molecule has 8 heteroatoms. The molecule has 0 aliphatic heterocycles. The normalized spacial score (nSPS) is 14.0. The highest BCUT2D eigenvalue weighted by atomic mass is 32.2. The molecule has 0 radical (unpaired) electrons. The Balaban J connectivity index is 1.69. The van der Waals surface area contributed by atoms with E-state index < -0.39 is 0 Å². The van der Waals surface area contributed by atoms with Crippen LogP contribution in [-0.4, -0.2) is 31.3 Å². The third kappa shape index (κ3) is 3.53. The minimum Gasteiger partial charge on any atom is -0.324 e. The molecule has 0 bridgehead atoms. The second-order valence-electron chi connectivity index (χ2n) is 8.66. The molecular formula is C26H27N5O2S. The molecule has 1 amide bonds. The van der Waals surface area contributed by atoms with Crippen molar-refractivity contribution < 1.29 is 4.79 Å². The van der Waals surface area contributed by atoms with Crippen LogP contribution in [0.1, 0.15) is 37.8 Å². The first-order chi connectivity index (χ1) is 16.5. The van der Waals surface area contributed by atoms with Crippen LogP contribution in [-0.2, 0) is 23.2 Å². The lowest BCUT2D eigenvalue weighted by Crippen LogP contribution is -2.39. The Morgan fingerprint density at radius 1 is 1.09 bits per heavy atom. The van der Waals surface area contributed by atoms with Gasteiger partial charge >= 0.3 is 0 Å². The van der Waals surface area contributed by atoms with Crippen LogP contribution in [0.5, 0.6) is 0 Å². The first-order valence-corrected chi connectivity index (χ1v) is 12.7. The minimum atomic E-state index is -0.280. The van der Waals surface area contributed by atoms with E-state index in [0.717, 1.165) is 30.4 Å². The summed E-state index contributed by atoms with van der Waals surface area (Å²) < 4.78 is 3.11. The predicted molar refractivity (Wildman–Crippen MR) is 135 cm³/mol. The van der Waals surface area contributed by atoms with Crippen molar-refractivity contribution >= 4 is 29.1 Å². The number of thioether (sulfide) groups is 1. The SMILES string of the molecule is CCC1(CC)Cc2ccccc2-c2nc3n(CC(=O)Nc4ccccc4)nc(SC)n3c(=O)c21. The zero-order valence-corrected chi connectivity index (χ0v) is 20.4. The van der Waals surface area contributed by atoms with Crippen LogP contribution in [0.4, 0.5) is 5.69 Å². The second kappa shape index (κ2) is 8.76. The topological polar surface area (TPSA) is 81.3 Å². The van der Waals surface area contributed by atoms with E-state index in [9.17, 15) is 9.59 Å². The number of carbonyl (C=O) groups is 1. The molecule has 2 heterocycles. The number of amides is 1. The molecule has 0 saturated heterocycles. The standard InChI is InChI=1S/C26H27N5O2S/c1-4-26(5-2)15-17-11-9-10-14-19(17)22-21(26)23(33)31-24(28-22)30(29-25(31)34-3)16-20(32)27-18-12-7-6-8-13-18/h6-14H,4-5,15-16H2,1-3H3,(H,27,32). The number of hydrogen-bond donors (Lipinski definition) is 1. The van der Waals surface area contributed by atoms with Gasteiger partial charge < -0.3 is 5.32 Å². The molecule has 0 unspecified atom stereocenters. The van der Waals surface area contributed by atoms with Gasteiger partial charge in [-0.15, -0.1) is 5.10 Å². The van der Waals surface area contributed by atoms with Crippen LogP contribution in [0.25, 0.3) is 17.0 Å². The highest BCUT2D eigenvalue weighted by Crippen LogP contribution is 2.44. The molecule has 1 N–H and O–H groups in total. The molecule has 0 saturated carbocycles. The lowest BCUT2D eigenvalue weighted by molar-refractivity contribution is -0.116. The molecule has 0 atom stereocenters. The van der Waals surface area contributed by atoms with Crippen LogP contribution in [0.3, 0.4) is 0 Å². The average Bonchev–Trinajstić information content (AvgIpc) is 3.21. The Hall–Kier alpha value is -3.39. The molecule has 2 aromatic carbocycles. The van der Waals surface area contributed by atoms with E-state index >= 15 is 0 Å². The summed E-state index contributed by atoms with van der Waals surface area (Å²) in [6.07, 6.45) is 4.38. The smallest absolute Gasteiger partial charge is 0.265 e. The maximum atomic E-state index is 14.0. The average molecular weight is 474 g/mol. The van der Waals surface area contributed by atoms with E-state index in [1.807, 2.05) is 54.8 Å². The summed E-state index contributed by atoms with van der Waals surface area (Å²) in [5, 5.41) is 8.01. The highest BCUT2D eigenvalue weighted by molar-refractivity contribution is 7.98. The number of aromatic nitrogens is 4. The molecule has 4 aromatic rings. The van der Waals surface area contributed by atoms with Gasteiger partial charge in [-0.3, -0.25) is 9.59 Å². The van der Waals surface area contributed by atoms with Crippen LogP contribution in [0.2, 0.25) is 0 Å². The molecule has 2 aromatic heterocycles. The molecule has 1 aliphatic rings. The Morgan fingerprint density at radius 3 is 2.50 bits per heavy atom. The van der Waals surface area contributed by atoms with Gasteiger partial charge in [0.05, 0.1) is 11.3 Å². The van der Waals surface area contributed by atoms with Gasteiger partial charge in [-0.25, -0.2) is 14.1 Å². The number of nitrogens with zero attached hydrogens (tertiary/aromatic N) is 4. The third-order valence-electron chi connectivity index (χ3n) is 6.91. The zero-order chi connectivity index (χ0) is 23.9. The summed E-state index contributed by atoms with van der Waals surface area (Å²) in [6.45, 7) is 4.24. The second-order valence-corrected chi connectivity index (χ2v) is 9.43. The monoisotopic (exact) mass is 473 g/mol. The molecule has 34 heavy (non-hydrogen) atoms. The fourth-order valence-electron chi connectivity index (χ4n) is 5.03. The number of nitrogens with one attached hydrogen (secondary N) is 1. The van der Waals surface area contributed by atoms with Crippen LogP contribution < -0.4 is 10.9 Å². The number of rotatable bonds is 6. The number of fused-ring (bicyclic) bond motifs is 4. The predicted octanol–water partition coefficient (Wildman–Crippen LogP) is 4.53. The molecule has 0 spiro atoms. The molecule has 7 nitrogen and oxygen atoms in total. The summed E-state index contributed by atoms with van der Waals surface area (Å²) >= 11 is 1.38. The van der Waals surface area contributed by atoms with E-state index in [-0.39, 0.29) is 23.4 Å². The minimum absolute atomic E-state index is 0.0431. The van der Waals surface area contributed by atoms with Crippen molar-refractivity contribution in [3.8, 4) is 11.3 Å². The van der Waals surface area contributed by atoms with Gasteiger partial charge in [0, 0.05) is 16.7 Å². The molecule has 174 valence electrons. The van der Waals surface area contributed by atoms with Crippen molar-refractivity contribution in [1.29, 1.82) is 0 Å². The summed E-state index contributed by atoms with van der Waals surface area (Å²) in [5.41, 5.74) is 4.01. The van der Waals surface area contributed by atoms with E-state index in [4.69, 9.17) is 4.98 Å². The zero-order valence-electron chi connectivity index (χ0n) is 19.5. The number of hydrogen-bond acceptors (Lipinski definition) is 5. The van der Waals surface area contributed by atoms with Gasteiger partial charge in [-0.05, 0) is 43.2 Å². The Kier molecular flexibility index (Phi) is 5.77. The Morgan fingerprint density at radius 2 is 1.79 bits per heavy atom. The van der Waals surface area contributed by atoms with E-state index in [1.165, 1.54) is 22.0 Å². The highest BCUT2D eigenvalue weighted by Gasteiger charge is 2.40. The van der Waals surface area contributed by atoms with Gasteiger partial charge in [0.15, 0.2) is 5.16 Å². The summed E-state index contributed by atoms with van der Waals surface area (Å²) in [4.78, 5) is 31.8. The summed E-state index contributed by atoms with van der Waals surface area (Å²) in [5.74, 6) is 0.154. The Labute approximate surface area is 202 Å². The number of carbonyl (C=O) groups excluding carboxylic acids is 1. The number of benzene rings is 2. The van der Waals surface area contributed by atoms with Crippen molar-refractivity contribution in [3.63, 3.8) is 0 Å². The van der Waals surface area contributed by atoms with Crippen LogP contribution >= 0.6 is 11.8 Å². The van der Waals surface area contributed by atoms with Crippen molar-refractivity contribution in [2.24, 2.45) is 0 Å². The van der Waals surface area contributed by atoms with E-state index in [1.54, 1.807) is 4.40 Å². The van der Waals surface area contributed by atoms with Gasteiger partial charge in [0.1, 0.15) is 6.54 Å². The number of para-hydroxylation sites is 1. The third-order valence-corrected chi connectivity index (χ3v) is 7.54. The molecule has 0 fully saturated rings. The van der Waals surface area contributed by atoms with Crippen molar-refractivity contribution in [3.05, 3.63) is 76.1 Å². The van der Waals surface area contributed by atoms with Crippen molar-refractivity contribution in [2.45, 2.75) is 50.2 Å². The number of anilines is 1. The fourth-order valence-corrected chi connectivity index (χ4v) is 5.56. The molecule has 1 aliphatic carbocycles. The maximum Gasteiger partial charge on any atom is 0.265 e. The summed E-state index contributed by atoms with van der Waals surface area (Å²) in [7, 11) is 0. The quantitative estimate of drug-likeness (QED) is 0.416. The van der Waals surface area contributed by atoms with Gasteiger partial charge in [-0.1, -0.05) is 68.1 Å². The maximum absolute atomic E-state index is 14.0. The van der Waals surface area contributed by atoms with Crippen molar-refractivity contribution in [2.75, 3.05) is 11.6 Å². The van der Waals surface area contributed by atoms with E-state index in [0.29, 0.717) is 22.3 Å². The lowest BCUT2D eigenvalue weighted by Gasteiger charge is -2.37. The Bertz CT molecular complexity index is 1440. The first-order valence-electron chi connectivity index (χ1n) is 11.5. The molecule has 5 rings (SSSR count). The molecular weight excluding hydrogens is 446 g/mol. The van der Waals surface area contributed by atoms with Gasteiger partial charge in [0.25, 0.3) is 5.56 Å². The largest absolute Gasteiger partial charge is 0.324 e. The van der Waals surface area contributed by atoms with Crippen molar-refractivity contribution in [1.82, 2.24) is 19.2 Å². The van der Waals surface area contributed by atoms with Gasteiger partial charge in [-0.2, -0.15) is 0 Å². The lowest BCUT2D eigenvalue weighted by atomic mass is 9.66. The fraction of sp³-hybridized carbons (Fsp3) is 0.308.